The van der Waals surface area contributed by atoms with Gasteiger partial charge in [-0.25, -0.2) is 4.39 Å². The largest absolute Gasteiger partial charge is 0.353 e. The molecule has 4 rings (SSSR count). The highest BCUT2D eigenvalue weighted by Crippen LogP contribution is 2.52. The monoisotopic (exact) mass is 220 g/mol. The van der Waals surface area contributed by atoms with Crippen molar-refractivity contribution in [3.05, 3.63) is 35.6 Å². The normalized spacial score (nSPS) is 37.6. The van der Waals surface area contributed by atoms with Crippen LogP contribution in [0.3, 0.4) is 0 Å². The van der Waals surface area contributed by atoms with Crippen LogP contribution in [0, 0.1) is 5.82 Å². The average Bonchev–Trinajstić information content (AvgIpc) is 2.31. The van der Waals surface area contributed by atoms with Crippen LogP contribution in [0.4, 0.5) is 4.39 Å². The van der Waals surface area contributed by atoms with E-state index in [0.717, 1.165) is 24.8 Å². The van der Waals surface area contributed by atoms with E-state index in [0.29, 0.717) is 5.54 Å². The molecule has 0 aromatic heterocycles. The number of quaternary nitrogens is 1. The molecule has 3 saturated carbocycles. The molecular weight excluding hydrogens is 201 g/mol. The standard InChI is InChI=1S/C14H18FN/c15-12-4-2-1-3-11(12)13-5-8-14(16,9-6-13)10-7-13/h1-4H,5-10,16H2/p+1. The molecule has 0 heterocycles. The summed E-state index contributed by atoms with van der Waals surface area (Å²) in [5.74, 6) is -0.0130. The minimum atomic E-state index is -0.0130. The Morgan fingerprint density at radius 3 is 2.06 bits per heavy atom. The van der Waals surface area contributed by atoms with Gasteiger partial charge in [0.2, 0.25) is 0 Å². The fraction of sp³-hybridized carbons (Fsp3) is 0.571. The van der Waals surface area contributed by atoms with Gasteiger partial charge in [0.05, 0.1) is 5.54 Å². The lowest BCUT2D eigenvalue weighted by molar-refractivity contribution is -0.495. The van der Waals surface area contributed by atoms with E-state index in [4.69, 9.17) is 0 Å². The molecule has 3 aliphatic carbocycles. The maximum atomic E-state index is 13.9. The number of benzene rings is 1. The molecule has 0 aliphatic heterocycles. The molecule has 0 amide bonds. The Balaban J connectivity index is 1.99. The van der Waals surface area contributed by atoms with Crippen LogP contribution in [0.25, 0.3) is 0 Å². The number of fused-ring (bicyclic) bond motifs is 3. The Bertz CT molecular complexity index is 388. The second kappa shape index (κ2) is 3.30. The van der Waals surface area contributed by atoms with Crippen LogP contribution >= 0.6 is 0 Å². The third kappa shape index (κ3) is 1.40. The Morgan fingerprint density at radius 1 is 0.938 bits per heavy atom. The summed E-state index contributed by atoms with van der Waals surface area (Å²) in [5.41, 5.74) is 5.74. The molecular formula is C14H19FN+. The molecule has 2 heteroatoms. The van der Waals surface area contributed by atoms with Crippen LogP contribution in [-0.2, 0) is 5.41 Å². The van der Waals surface area contributed by atoms with E-state index in [2.05, 4.69) is 5.73 Å². The first-order chi connectivity index (χ1) is 7.64. The zero-order valence-electron chi connectivity index (χ0n) is 9.64. The van der Waals surface area contributed by atoms with Gasteiger partial charge in [0, 0.05) is 19.3 Å². The SMILES string of the molecule is [NH3+]C12CCC(c3ccccc3F)(CC1)CC2. The van der Waals surface area contributed by atoms with Crippen LogP contribution in [0.5, 0.6) is 0 Å². The van der Waals surface area contributed by atoms with Crippen molar-refractivity contribution >= 4 is 0 Å². The summed E-state index contributed by atoms with van der Waals surface area (Å²) in [5, 5.41) is 0. The Labute approximate surface area is 95.8 Å². The molecule has 86 valence electrons. The molecule has 3 N–H and O–H groups in total. The van der Waals surface area contributed by atoms with Gasteiger partial charge in [-0.3, -0.25) is 0 Å². The van der Waals surface area contributed by atoms with E-state index in [1.54, 1.807) is 12.1 Å². The fourth-order valence-corrected chi connectivity index (χ4v) is 3.56. The van der Waals surface area contributed by atoms with Crippen molar-refractivity contribution in [2.45, 2.75) is 49.5 Å². The van der Waals surface area contributed by atoms with Crippen LogP contribution in [0.15, 0.2) is 24.3 Å². The van der Waals surface area contributed by atoms with Gasteiger partial charge in [-0.2, -0.15) is 0 Å². The van der Waals surface area contributed by atoms with Crippen molar-refractivity contribution in [2.24, 2.45) is 0 Å². The van der Waals surface area contributed by atoms with E-state index in [-0.39, 0.29) is 11.2 Å². The molecule has 3 fully saturated rings. The maximum Gasteiger partial charge on any atom is 0.126 e. The second-order valence-electron chi connectivity index (χ2n) is 5.76. The molecule has 0 unspecified atom stereocenters. The third-order valence-electron chi connectivity index (χ3n) is 4.85. The minimum absolute atomic E-state index is 0.0130. The lowest BCUT2D eigenvalue weighted by Gasteiger charge is -2.50. The molecule has 0 spiro atoms. The van der Waals surface area contributed by atoms with Gasteiger partial charge in [-0.1, -0.05) is 18.2 Å². The molecule has 0 saturated heterocycles. The van der Waals surface area contributed by atoms with Gasteiger partial charge in [-0.05, 0) is 36.3 Å². The Morgan fingerprint density at radius 2 is 1.50 bits per heavy atom. The van der Waals surface area contributed by atoms with Gasteiger partial charge in [0.15, 0.2) is 0 Å². The first-order valence-electron chi connectivity index (χ1n) is 6.24. The summed E-state index contributed by atoms with van der Waals surface area (Å²) < 4.78 is 13.9. The summed E-state index contributed by atoms with van der Waals surface area (Å²) in [6, 6.07) is 7.34. The summed E-state index contributed by atoms with van der Waals surface area (Å²) >= 11 is 0. The first-order valence-corrected chi connectivity index (χ1v) is 6.24. The van der Waals surface area contributed by atoms with E-state index in [1.807, 2.05) is 12.1 Å². The molecule has 1 nitrogen and oxygen atoms in total. The summed E-state index contributed by atoms with van der Waals surface area (Å²) in [6.07, 6.45) is 6.87. The molecule has 2 bridgehead atoms. The van der Waals surface area contributed by atoms with E-state index in [1.165, 1.54) is 19.3 Å². The lowest BCUT2D eigenvalue weighted by atomic mass is 9.55. The smallest absolute Gasteiger partial charge is 0.126 e. The van der Waals surface area contributed by atoms with Gasteiger partial charge in [-0.15, -0.1) is 0 Å². The van der Waals surface area contributed by atoms with Gasteiger partial charge >= 0.3 is 0 Å². The van der Waals surface area contributed by atoms with Crippen LogP contribution < -0.4 is 5.73 Å². The predicted molar refractivity (Wildman–Crippen MR) is 61.4 cm³/mol. The van der Waals surface area contributed by atoms with Crippen molar-refractivity contribution in [1.82, 2.24) is 0 Å². The van der Waals surface area contributed by atoms with Crippen molar-refractivity contribution < 1.29 is 10.1 Å². The van der Waals surface area contributed by atoms with Crippen molar-refractivity contribution in [3.8, 4) is 0 Å². The van der Waals surface area contributed by atoms with Gasteiger partial charge in [0.25, 0.3) is 0 Å². The quantitative estimate of drug-likeness (QED) is 0.752. The van der Waals surface area contributed by atoms with Crippen molar-refractivity contribution in [3.63, 3.8) is 0 Å². The van der Waals surface area contributed by atoms with Crippen molar-refractivity contribution in [1.29, 1.82) is 0 Å². The maximum absolute atomic E-state index is 13.9. The van der Waals surface area contributed by atoms with Crippen LogP contribution in [0.2, 0.25) is 0 Å². The highest BCUT2D eigenvalue weighted by atomic mass is 19.1. The summed E-state index contributed by atoms with van der Waals surface area (Å²) in [4.78, 5) is 0. The van der Waals surface area contributed by atoms with E-state index in [9.17, 15) is 4.39 Å². The number of hydrogen-bond donors (Lipinski definition) is 1. The number of hydrogen-bond acceptors (Lipinski definition) is 0. The summed E-state index contributed by atoms with van der Waals surface area (Å²) in [7, 11) is 0. The molecule has 0 radical (unpaired) electrons. The van der Waals surface area contributed by atoms with Gasteiger partial charge < -0.3 is 5.73 Å². The second-order valence-corrected chi connectivity index (χ2v) is 5.76. The zero-order chi connectivity index (χ0) is 11.2. The van der Waals surface area contributed by atoms with Crippen molar-refractivity contribution in [2.75, 3.05) is 0 Å². The highest BCUT2D eigenvalue weighted by molar-refractivity contribution is 5.29. The molecule has 0 atom stereocenters. The third-order valence-corrected chi connectivity index (χ3v) is 4.85. The zero-order valence-corrected chi connectivity index (χ0v) is 9.64. The molecule has 16 heavy (non-hydrogen) atoms. The van der Waals surface area contributed by atoms with Gasteiger partial charge in [0.1, 0.15) is 5.82 Å². The molecule has 1 aromatic rings. The average molecular weight is 220 g/mol. The molecule has 3 aliphatic rings. The Kier molecular flexibility index (Phi) is 2.12. The fourth-order valence-electron chi connectivity index (χ4n) is 3.56. The van der Waals surface area contributed by atoms with Crippen LogP contribution in [0.1, 0.15) is 44.1 Å². The lowest BCUT2D eigenvalue weighted by Crippen LogP contribution is -2.76. The highest BCUT2D eigenvalue weighted by Gasteiger charge is 2.50. The number of halogens is 1. The minimum Gasteiger partial charge on any atom is -0.353 e. The summed E-state index contributed by atoms with van der Waals surface area (Å²) in [6.45, 7) is 0. The Hall–Kier alpha value is -0.890. The first kappa shape index (κ1) is 10.3. The van der Waals surface area contributed by atoms with Crippen LogP contribution in [-0.4, -0.2) is 5.54 Å². The number of rotatable bonds is 1. The molecule has 1 aromatic carbocycles. The topological polar surface area (TPSA) is 27.6 Å². The van der Waals surface area contributed by atoms with E-state index >= 15 is 0 Å². The predicted octanol–water partition coefficient (Wildman–Crippen LogP) is 2.41. The van der Waals surface area contributed by atoms with E-state index < -0.39 is 0 Å².